The summed E-state index contributed by atoms with van der Waals surface area (Å²) in [6.07, 6.45) is 81.2. The van der Waals surface area contributed by atoms with Crippen molar-refractivity contribution >= 4 is 19.7 Å². The van der Waals surface area contributed by atoms with Crippen LogP contribution in [0, 0.1) is 0 Å². The van der Waals surface area contributed by atoms with Crippen molar-refractivity contribution in [3.63, 3.8) is 0 Å². The van der Waals surface area contributed by atoms with Gasteiger partial charge >= 0.3 is 5.97 Å². The molecular formula is C71H127N2O7P. The number of nitrogens with zero attached hydrogens (tertiary/aromatic N) is 1. The molecule has 0 aliphatic rings. The first-order chi connectivity index (χ1) is 39.4. The number of phosphoric acid groups is 1. The van der Waals surface area contributed by atoms with E-state index in [9.17, 15) is 19.0 Å². The minimum Gasteiger partial charge on any atom is -0.756 e. The number of allylic oxidation sites excluding steroid dienone is 15. The summed E-state index contributed by atoms with van der Waals surface area (Å²) in [7, 11) is 1.13. The third kappa shape index (κ3) is 61.3. The number of carbonyl (C=O) groups is 2. The molecule has 3 unspecified atom stereocenters. The van der Waals surface area contributed by atoms with Gasteiger partial charge < -0.3 is 28.5 Å². The molecular weight excluding hydrogens is 1020 g/mol. The van der Waals surface area contributed by atoms with Gasteiger partial charge in [-0.1, -0.05) is 279 Å². The first-order valence-corrected chi connectivity index (χ1v) is 35.0. The topological polar surface area (TPSA) is 114 Å². The number of carbonyl (C=O) groups excluding carboxylic acids is 2. The van der Waals surface area contributed by atoms with Gasteiger partial charge in [-0.05, 0) is 96.0 Å². The molecule has 0 heterocycles. The van der Waals surface area contributed by atoms with Gasteiger partial charge in [0, 0.05) is 12.8 Å². The minimum atomic E-state index is -4.73. The summed E-state index contributed by atoms with van der Waals surface area (Å²) in [5.41, 5.74) is 0. The molecule has 1 N–H and O–H groups in total. The number of quaternary nitrogens is 1. The second kappa shape index (κ2) is 60.1. The van der Waals surface area contributed by atoms with Crippen molar-refractivity contribution in [1.29, 1.82) is 0 Å². The lowest BCUT2D eigenvalue weighted by Gasteiger charge is -2.30. The van der Waals surface area contributed by atoms with Crippen LogP contribution in [0.1, 0.15) is 290 Å². The van der Waals surface area contributed by atoms with Crippen LogP contribution in [0.25, 0.3) is 0 Å². The number of esters is 1. The van der Waals surface area contributed by atoms with Gasteiger partial charge in [0.15, 0.2) is 0 Å². The lowest BCUT2D eigenvalue weighted by molar-refractivity contribution is -0.870. The lowest BCUT2D eigenvalue weighted by Crippen LogP contribution is -2.47. The number of unbranched alkanes of at least 4 members (excludes halogenated alkanes) is 30. The van der Waals surface area contributed by atoms with Crippen molar-refractivity contribution in [3.05, 3.63) is 97.2 Å². The molecule has 0 aliphatic carbocycles. The fourth-order valence-corrected chi connectivity index (χ4v) is 10.1. The van der Waals surface area contributed by atoms with Crippen LogP contribution in [0.2, 0.25) is 0 Å². The Labute approximate surface area is 500 Å². The highest BCUT2D eigenvalue weighted by molar-refractivity contribution is 7.45. The normalized spacial score (nSPS) is 14.2. The van der Waals surface area contributed by atoms with E-state index in [-0.39, 0.29) is 31.3 Å². The zero-order chi connectivity index (χ0) is 59.3. The van der Waals surface area contributed by atoms with Crippen molar-refractivity contribution in [2.45, 2.75) is 303 Å². The predicted molar refractivity (Wildman–Crippen MR) is 348 cm³/mol. The Morgan fingerprint density at radius 3 is 1.21 bits per heavy atom. The third-order valence-electron chi connectivity index (χ3n) is 14.5. The zero-order valence-corrected chi connectivity index (χ0v) is 54.4. The van der Waals surface area contributed by atoms with E-state index in [4.69, 9.17) is 13.8 Å². The summed E-state index contributed by atoms with van der Waals surface area (Å²) in [6, 6.07) is -0.934. The molecule has 0 rings (SSSR count). The summed E-state index contributed by atoms with van der Waals surface area (Å²) in [4.78, 5) is 40.1. The Morgan fingerprint density at radius 1 is 0.444 bits per heavy atom. The smallest absolute Gasteiger partial charge is 0.306 e. The highest BCUT2D eigenvalue weighted by Crippen LogP contribution is 2.38. The largest absolute Gasteiger partial charge is 0.756 e. The fraction of sp³-hybridized carbons (Fsp3) is 0.746. The Balaban J connectivity index is 5.27. The first kappa shape index (κ1) is 77.9. The minimum absolute atomic E-state index is 0.0391. The number of ether oxygens (including phenoxy) is 1. The van der Waals surface area contributed by atoms with Crippen molar-refractivity contribution in [3.8, 4) is 0 Å². The summed E-state index contributed by atoms with van der Waals surface area (Å²) in [6.45, 7) is 6.68. The van der Waals surface area contributed by atoms with Crippen LogP contribution in [-0.4, -0.2) is 69.4 Å². The molecule has 81 heavy (non-hydrogen) atoms. The lowest BCUT2D eigenvalue weighted by atomic mass is 10.0. The number of amides is 1. The van der Waals surface area contributed by atoms with Crippen molar-refractivity contribution < 1.29 is 37.3 Å². The molecule has 10 heteroatoms. The van der Waals surface area contributed by atoms with Gasteiger partial charge in [0.25, 0.3) is 7.82 Å². The van der Waals surface area contributed by atoms with E-state index in [1.165, 1.54) is 173 Å². The van der Waals surface area contributed by atoms with E-state index in [0.29, 0.717) is 17.4 Å². The average molecular weight is 1150 g/mol. The van der Waals surface area contributed by atoms with Crippen molar-refractivity contribution in [2.75, 3.05) is 40.9 Å². The summed E-state index contributed by atoms with van der Waals surface area (Å²) < 4.78 is 30.3. The van der Waals surface area contributed by atoms with Crippen LogP contribution >= 0.6 is 7.82 Å². The number of phosphoric ester groups is 1. The maximum Gasteiger partial charge on any atom is 0.306 e. The SMILES string of the molecule is CC/C=C\C/C=C\C/C=C\C/C=C\C/C=C\C/C=C\CCC(=O)NC(COP(=O)([O-])OCC[N+](C)(C)C)C(/C=C/CCCCCCCCCCCCC)OC(=O)CCCCCCCCCCCCCCC/C=C/CCCCCCCC. The Morgan fingerprint density at radius 2 is 0.802 bits per heavy atom. The molecule has 0 aromatic heterocycles. The van der Waals surface area contributed by atoms with Gasteiger partial charge in [0.1, 0.15) is 19.3 Å². The van der Waals surface area contributed by atoms with Crippen LogP contribution < -0.4 is 10.2 Å². The average Bonchev–Trinajstić information content (AvgIpc) is 3.44. The Kier molecular flexibility index (Phi) is 57.8. The molecule has 1 amide bonds. The molecule has 0 saturated heterocycles. The number of hydrogen-bond donors (Lipinski definition) is 1. The predicted octanol–water partition coefficient (Wildman–Crippen LogP) is 20.5. The van der Waals surface area contributed by atoms with E-state index in [1.54, 1.807) is 0 Å². The van der Waals surface area contributed by atoms with E-state index in [1.807, 2.05) is 45.4 Å². The van der Waals surface area contributed by atoms with E-state index >= 15 is 0 Å². The van der Waals surface area contributed by atoms with Crippen LogP contribution in [0.3, 0.4) is 0 Å². The molecule has 0 aromatic carbocycles. The second-order valence-electron chi connectivity index (χ2n) is 23.6. The molecule has 9 nitrogen and oxygen atoms in total. The van der Waals surface area contributed by atoms with Crippen LogP contribution in [0.5, 0.6) is 0 Å². The van der Waals surface area contributed by atoms with Gasteiger partial charge in [-0.15, -0.1) is 0 Å². The Bertz CT molecular complexity index is 1710. The van der Waals surface area contributed by atoms with Gasteiger partial charge in [-0.25, -0.2) is 0 Å². The standard InChI is InChI=1S/C71H127N2O7P/c1-7-10-13-16-19-22-25-28-30-32-34-35-36-37-39-41-43-46-49-52-55-58-61-64-71(75)80-69(62-59-56-53-50-47-44-27-24-21-18-15-12-9-3)68(67-79-81(76,77)78-66-65-73(4,5)6)72-70(74)63-60-57-54-51-48-45-42-40-38-33-31-29-26-23-20-17-14-11-8-2/h11,14,20,23,28-31,38,40,45,48,54,57,59,62,68-69H,7-10,12-13,15-19,21-22,24-27,32-37,39,41-44,46-47,49-53,55-56,58,60-61,63-67H2,1-6H3,(H-,72,74,76,77)/b14-11-,23-20-,30-28+,31-29-,40-38-,48-45-,57-54-,62-59+. The van der Waals surface area contributed by atoms with Crippen molar-refractivity contribution in [1.82, 2.24) is 5.32 Å². The first-order valence-electron chi connectivity index (χ1n) is 33.5. The highest BCUT2D eigenvalue weighted by Gasteiger charge is 2.27. The monoisotopic (exact) mass is 1150 g/mol. The molecule has 3 atom stereocenters. The van der Waals surface area contributed by atoms with Crippen LogP contribution in [0.4, 0.5) is 0 Å². The molecule has 0 bridgehead atoms. The molecule has 0 saturated carbocycles. The summed E-state index contributed by atoms with van der Waals surface area (Å²) in [5.74, 6) is -0.636. The summed E-state index contributed by atoms with van der Waals surface area (Å²) >= 11 is 0. The van der Waals surface area contributed by atoms with E-state index in [2.05, 4.69) is 99.0 Å². The molecule has 0 radical (unpaired) electrons. The molecule has 0 aliphatic heterocycles. The summed E-state index contributed by atoms with van der Waals surface area (Å²) in [5, 5.41) is 2.99. The van der Waals surface area contributed by atoms with Gasteiger partial charge in [0.05, 0.1) is 33.8 Å². The van der Waals surface area contributed by atoms with Crippen LogP contribution in [0.15, 0.2) is 97.2 Å². The highest BCUT2D eigenvalue weighted by atomic mass is 31.2. The van der Waals surface area contributed by atoms with Gasteiger partial charge in [-0.3, -0.25) is 14.2 Å². The quantitative estimate of drug-likeness (QED) is 0.0212. The number of likely N-dealkylation sites (N-methyl/N-ethyl adjacent to an activating group) is 1. The third-order valence-corrected chi connectivity index (χ3v) is 15.5. The number of rotatable bonds is 60. The van der Waals surface area contributed by atoms with Crippen LogP contribution in [-0.2, 0) is 27.9 Å². The number of hydrogen-bond acceptors (Lipinski definition) is 7. The molecule has 468 valence electrons. The van der Waals surface area contributed by atoms with E-state index in [0.717, 1.165) is 77.0 Å². The number of nitrogens with one attached hydrogen (secondary N) is 1. The molecule has 0 aromatic rings. The molecule has 0 fully saturated rings. The van der Waals surface area contributed by atoms with Gasteiger partial charge in [-0.2, -0.15) is 0 Å². The second-order valence-corrected chi connectivity index (χ2v) is 25.0. The zero-order valence-electron chi connectivity index (χ0n) is 53.5. The van der Waals surface area contributed by atoms with Gasteiger partial charge in [0.2, 0.25) is 5.91 Å². The maximum atomic E-state index is 13.5. The van der Waals surface area contributed by atoms with Crippen molar-refractivity contribution in [2.24, 2.45) is 0 Å². The maximum absolute atomic E-state index is 13.5. The molecule has 0 spiro atoms. The van der Waals surface area contributed by atoms with E-state index < -0.39 is 26.6 Å². The Hall–Kier alpha value is -3.07. The fourth-order valence-electron chi connectivity index (χ4n) is 9.36.